The predicted octanol–water partition coefficient (Wildman–Crippen LogP) is 3.67. The zero-order valence-corrected chi connectivity index (χ0v) is 17.5. The summed E-state index contributed by atoms with van der Waals surface area (Å²) in [4.78, 5) is 24.0. The van der Waals surface area contributed by atoms with Crippen LogP contribution in [0.25, 0.3) is 5.69 Å². The molecule has 0 saturated carbocycles. The number of aryl methyl sites for hydroxylation is 2. The van der Waals surface area contributed by atoms with Crippen LogP contribution < -0.4 is 15.4 Å². The van der Waals surface area contributed by atoms with E-state index < -0.39 is 0 Å². The van der Waals surface area contributed by atoms with Gasteiger partial charge in [0.1, 0.15) is 23.3 Å². The highest BCUT2D eigenvalue weighted by atomic mass is 35.5. The molecule has 4 rings (SSSR count). The fraction of sp³-hybridized carbons (Fsp3) is 0.227. The number of nitrogens with one attached hydrogen (secondary N) is 2. The third-order valence-corrected chi connectivity index (χ3v) is 5.28. The molecule has 3 aromatic rings. The number of nitrogens with zero attached hydrogens (tertiary/aromatic N) is 2. The Morgan fingerprint density at radius 1 is 1.26 bits per heavy atom. The summed E-state index contributed by atoms with van der Waals surface area (Å²) in [6, 6.07) is 11.2. The Bertz CT molecular complexity index is 1140. The molecule has 0 bridgehead atoms. The van der Waals surface area contributed by atoms with Crippen molar-refractivity contribution in [2.75, 3.05) is 18.5 Å². The van der Waals surface area contributed by atoms with E-state index in [1.54, 1.807) is 13.0 Å². The number of ether oxygens (including phenoxy) is 1. The highest BCUT2D eigenvalue weighted by Gasteiger charge is 2.21. The first-order valence-corrected chi connectivity index (χ1v) is 10.1. The number of fused-ring (bicyclic) bond motifs is 1. The van der Waals surface area contributed by atoms with E-state index >= 15 is 0 Å². The molecule has 160 valence electrons. The second-order valence-electron chi connectivity index (χ2n) is 7.11. The van der Waals surface area contributed by atoms with Crippen molar-refractivity contribution >= 4 is 29.1 Å². The second-order valence-corrected chi connectivity index (χ2v) is 7.47. The first-order valence-electron chi connectivity index (χ1n) is 9.77. The lowest BCUT2D eigenvalue weighted by Crippen LogP contribution is -2.28. The van der Waals surface area contributed by atoms with E-state index in [0.29, 0.717) is 30.0 Å². The molecule has 1 aliphatic rings. The molecule has 31 heavy (non-hydrogen) atoms. The first-order chi connectivity index (χ1) is 14.9. The number of hydrogen-bond donors (Lipinski definition) is 2. The number of aromatic nitrogens is 2. The van der Waals surface area contributed by atoms with Gasteiger partial charge in [-0.3, -0.25) is 9.59 Å². The van der Waals surface area contributed by atoms with E-state index in [2.05, 4.69) is 15.7 Å². The zero-order chi connectivity index (χ0) is 22.0. The molecular weight excluding hydrogens is 423 g/mol. The minimum Gasteiger partial charge on any atom is -0.492 e. The first kappa shape index (κ1) is 20.9. The van der Waals surface area contributed by atoms with Crippen molar-refractivity contribution in [2.24, 2.45) is 0 Å². The van der Waals surface area contributed by atoms with Gasteiger partial charge < -0.3 is 15.4 Å². The standard InChI is InChI=1S/C22H20ClFN4O3/c1-13-20(21(23)28(27-13)16-5-3-15(24)4-6-16)22(30)25-10-11-31-17-7-8-18-14(12-17)2-9-19(29)26-18/h3-8,12H,2,9-11H2,1H3,(H,25,30)(H,26,29). The van der Waals surface area contributed by atoms with Crippen LogP contribution in [0.2, 0.25) is 5.15 Å². The van der Waals surface area contributed by atoms with Crippen LogP contribution in [0, 0.1) is 12.7 Å². The van der Waals surface area contributed by atoms with Gasteiger partial charge in [0, 0.05) is 12.1 Å². The van der Waals surface area contributed by atoms with Crippen molar-refractivity contribution in [3.63, 3.8) is 0 Å². The van der Waals surface area contributed by atoms with Crippen molar-refractivity contribution in [3.8, 4) is 11.4 Å². The van der Waals surface area contributed by atoms with Gasteiger partial charge in [-0.05, 0) is 61.4 Å². The van der Waals surface area contributed by atoms with E-state index in [1.807, 2.05) is 12.1 Å². The maximum atomic E-state index is 13.2. The summed E-state index contributed by atoms with van der Waals surface area (Å²) in [7, 11) is 0. The van der Waals surface area contributed by atoms with Crippen molar-refractivity contribution < 1.29 is 18.7 Å². The fourth-order valence-corrected chi connectivity index (χ4v) is 3.74. The van der Waals surface area contributed by atoms with Crippen molar-refractivity contribution in [1.29, 1.82) is 0 Å². The van der Waals surface area contributed by atoms with E-state index in [4.69, 9.17) is 16.3 Å². The molecule has 1 aliphatic heterocycles. The van der Waals surface area contributed by atoms with Gasteiger partial charge in [-0.1, -0.05) is 11.6 Å². The third-order valence-electron chi connectivity index (χ3n) is 4.93. The number of hydrogen-bond acceptors (Lipinski definition) is 4. The van der Waals surface area contributed by atoms with Crippen LogP contribution in [-0.2, 0) is 11.2 Å². The molecule has 7 nitrogen and oxygen atoms in total. The SMILES string of the molecule is Cc1nn(-c2ccc(F)cc2)c(Cl)c1C(=O)NCCOc1ccc2c(c1)CCC(=O)N2. The normalized spacial score (nSPS) is 12.8. The molecule has 0 atom stereocenters. The Kier molecular flexibility index (Phi) is 5.90. The summed E-state index contributed by atoms with van der Waals surface area (Å²) in [6.07, 6.45) is 1.13. The number of halogens is 2. The van der Waals surface area contributed by atoms with E-state index in [1.165, 1.54) is 28.9 Å². The van der Waals surface area contributed by atoms with Crippen molar-refractivity contribution in [2.45, 2.75) is 19.8 Å². The third kappa shape index (κ3) is 4.54. The molecule has 0 spiro atoms. The van der Waals surface area contributed by atoms with Gasteiger partial charge >= 0.3 is 0 Å². The Balaban J connectivity index is 1.35. The van der Waals surface area contributed by atoms with Gasteiger partial charge in [-0.25, -0.2) is 9.07 Å². The van der Waals surface area contributed by atoms with Crippen LogP contribution in [0.5, 0.6) is 5.75 Å². The number of amides is 2. The van der Waals surface area contributed by atoms with Crippen LogP contribution in [0.1, 0.15) is 28.0 Å². The second kappa shape index (κ2) is 8.77. The Labute approximate surface area is 183 Å². The molecule has 0 unspecified atom stereocenters. The Morgan fingerprint density at radius 2 is 2.03 bits per heavy atom. The molecule has 1 aromatic heterocycles. The maximum absolute atomic E-state index is 13.2. The van der Waals surface area contributed by atoms with Crippen molar-refractivity contribution in [3.05, 3.63) is 70.3 Å². The quantitative estimate of drug-likeness (QED) is 0.570. The molecule has 2 heterocycles. The summed E-state index contributed by atoms with van der Waals surface area (Å²) in [5.41, 5.74) is 3.11. The molecule has 9 heteroatoms. The molecule has 0 saturated heterocycles. The highest BCUT2D eigenvalue weighted by Crippen LogP contribution is 2.27. The van der Waals surface area contributed by atoms with Gasteiger partial charge in [0.05, 0.1) is 23.5 Å². The maximum Gasteiger partial charge on any atom is 0.256 e. The molecule has 0 fully saturated rings. The van der Waals surface area contributed by atoms with Crippen LogP contribution in [0.3, 0.4) is 0 Å². The number of benzene rings is 2. The molecule has 2 aromatic carbocycles. The largest absolute Gasteiger partial charge is 0.492 e. The number of carbonyl (C=O) groups is 2. The van der Waals surface area contributed by atoms with E-state index in [9.17, 15) is 14.0 Å². The molecule has 2 amide bonds. The highest BCUT2D eigenvalue weighted by molar-refractivity contribution is 6.33. The summed E-state index contributed by atoms with van der Waals surface area (Å²) < 4.78 is 20.3. The molecular formula is C22H20ClFN4O3. The van der Waals surface area contributed by atoms with Gasteiger partial charge in [0.2, 0.25) is 5.91 Å². The van der Waals surface area contributed by atoms with Crippen LogP contribution in [0.15, 0.2) is 42.5 Å². The van der Waals surface area contributed by atoms with Crippen LogP contribution in [0.4, 0.5) is 10.1 Å². The summed E-state index contributed by atoms with van der Waals surface area (Å²) in [6.45, 7) is 2.22. The van der Waals surface area contributed by atoms with Gasteiger partial charge in [0.25, 0.3) is 5.91 Å². The molecule has 2 N–H and O–H groups in total. The number of carbonyl (C=O) groups excluding carboxylic acids is 2. The topological polar surface area (TPSA) is 85.2 Å². The van der Waals surface area contributed by atoms with Crippen LogP contribution >= 0.6 is 11.6 Å². The fourth-order valence-electron chi connectivity index (χ4n) is 3.38. The minimum absolute atomic E-state index is 0.0144. The minimum atomic E-state index is -0.370. The smallest absolute Gasteiger partial charge is 0.256 e. The lowest BCUT2D eigenvalue weighted by molar-refractivity contribution is -0.116. The molecule has 0 aliphatic carbocycles. The summed E-state index contributed by atoms with van der Waals surface area (Å²) >= 11 is 6.37. The lowest BCUT2D eigenvalue weighted by atomic mass is 10.0. The van der Waals surface area contributed by atoms with E-state index in [0.717, 1.165) is 11.3 Å². The van der Waals surface area contributed by atoms with Gasteiger partial charge in [0.15, 0.2) is 0 Å². The number of anilines is 1. The van der Waals surface area contributed by atoms with E-state index in [-0.39, 0.29) is 41.5 Å². The summed E-state index contributed by atoms with van der Waals surface area (Å²) in [5.74, 6) is -0.0545. The predicted molar refractivity (Wildman–Crippen MR) is 114 cm³/mol. The summed E-state index contributed by atoms with van der Waals surface area (Å²) in [5, 5.41) is 10.0. The van der Waals surface area contributed by atoms with Gasteiger partial charge in [-0.15, -0.1) is 0 Å². The zero-order valence-electron chi connectivity index (χ0n) is 16.7. The molecule has 0 radical (unpaired) electrons. The Morgan fingerprint density at radius 3 is 2.81 bits per heavy atom. The number of rotatable bonds is 6. The lowest BCUT2D eigenvalue weighted by Gasteiger charge is -2.17. The van der Waals surface area contributed by atoms with Gasteiger partial charge in [-0.2, -0.15) is 5.10 Å². The Hall–Kier alpha value is -3.39. The van der Waals surface area contributed by atoms with Crippen LogP contribution in [-0.4, -0.2) is 34.7 Å². The average molecular weight is 443 g/mol. The van der Waals surface area contributed by atoms with Crippen molar-refractivity contribution in [1.82, 2.24) is 15.1 Å². The average Bonchev–Trinajstić information content (AvgIpc) is 3.05. The monoisotopic (exact) mass is 442 g/mol.